The first-order chi connectivity index (χ1) is 5.86. The Bertz CT molecular complexity index is 239. The lowest BCUT2D eigenvalue weighted by atomic mass is 10.5. The van der Waals surface area contributed by atoms with Crippen LogP contribution in [0.1, 0.15) is 13.3 Å². The van der Waals surface area contributed by atoms with Crippen molar-refractivity contribution >= 4 is 5.82 Å². The Morgan fingerprint density at radius 2 is 2.33 bits per heavy atom. The highest BCUT2D eigenvalue weighted by Crippen LogP contribution is 2.07. The van der Waals surface area contributed by atoms with Crippen molar-refractivity contribution in [2.45, 2.75) is 13.3 Å². The second-order valence-electron chi connectivity index (χ2n) is 2.37. The summed E-state index contributed by atoms with van der Waals surface area (Å²) in [6.45, 7) is 3.00. The van der Waals surface area contributed by atoms with Crippen LogP contribution in [0.15, 0.2) is 12.4 Å². The summed E-state index contributed by atoms with van der Waals surface area (Å²) in [7, 11) is 1.58. The van der Waals surface area contributed by atoms with E-state index in [2.05, 4.69) is 22.2 Å². The molecule has 1 aromatic heterocycles. The van der Waals surface area contributed by atoms with Gasteiger partial charge in [0, 0.05) is 6.54 Å². The summed E-state index contributed by atoms with van der Waals surface area (Å²) < 4.78 is 4.92. The first kappa shape index (κ1) is 8.77. The van der Waals surface area contributed by atoms with E-state index in [1.54, 1.807) is 19.5 Å². The maximum absolute atomic E-state index is 4.92. The monoisotopic (exact) mass is 167 g/mol. The quantitative estimate of drug-likeness (QED) is 0.734. The van der Waals surface area contributed by atoms with E-state index in [9.17, 15) is 0 Å². The zero-order valence-electron chi connectivity index (χ0n) is 7.37. The average molecular weight is 167 g/mol. The number of aromatic nitrogens is 2. The zero-order valence-corrected chi connectivity index (χ0v) is 7.37. The van der Waals surface area contributed by atoms with Crippen molar-refractivity contribution in [2.75, 3.05) is 19.0 Å². The lowest BCUT2D eigenvalue weighted by molar-refractivity contribution is 0.396. The lowest BCUT2D eigenvalue weighted by Crippen LogP contribution is -2.02. The van der Waals surface area contributed by atoms with Crippen molar-refractivity contribution in [2.24, 2.45) is 0 Å². The third-order valence-corrected chi connectivity index (χ3v) is 1.38. The fourth-order valence-electron chi connectivity index (χ4n) is 0.785. The molecule has 1 rings (SSSR count). The van der Waals surface area contributed by atoms with Gasteiger partial charge in [-0.2, -0.15) is 4.98 Å². The highest BCUT2D eigenvalue weighted by atomic mass is 16.5. The van der Waals surface area contributed by atoms with Gasteiger partial charge in [-0.05, 0) is 6.42 Å². The molecule has 0 amide bonds. The molecule has 1 heterocycles. The van der Waals surface area contributed by atoms with Crippen LogP contribution in [-0.2, 0) is 0 Å². The summed E-state index contributed by atoms with van der Waals surface area (Å²) >= 11 is 0. The predicted molar refractivity (Wildman–Crippen MR) is 47.4 cm³/mol. The normalized spacial score (nSPS) is 9.50. The number of hydrogen-bond acceptors (Lipinski definition) is 4. The van der Waals surface area contributed by atoms with Gasteiger partial charge in [0.15, 0.2) is 0 Å². The highest BCUT2D eigenvalue weighted by molar-refractivity contribution is 5.32. The van der Waals surface area contributed by atoms with Crippen LogP contribution in [0.2, 0.25) is 0 Å². The van der Waals surface area contributed by atoms with E-state index < -0.39 is 0 Å². The summed E-state index contributed by atoms with van der Waals surface area (Å²) in [6, 6.07) is 0. The molecule has 0 aliphatic carbocycles. The van der Waals surface area contributed by atoms with E-state index in [0.29, 0.717) is 5.88 Å². The van der Waals surface area contributed by atoms with Crippen LogP contribution in [0.3, 0.4) is 0 Å². The summed E-state index contributed by atoms with van der Waals surface area (Å²) in [4.78, 5) is 8.09. The predicted octanol–water partition coefficient (Wildman–Crippen LogP) is 1.31. The summed E-state index contributed by atoms with van der Waals surface area (Å²) in [6.07, 6.45) is 4.33. The minimum Gasteiger partial charge on any atom is -0.480 e. The van der Waals surface area contributed by atoms with Crippen LogP contribution in [0.5, 0.6) is 5.88 Å². The highest BCUT2D eigenvalue weighted by Gasteiger charge is 1.95. The Morgan fingerprint density at radius 1 is 1.50 bits per heavy atom. The molecule has 12 heavy (non-hydrogen) atoms. The van der Waals surface area contributed by atoms with Crippen LogP contribution in [0, 0.1) is 0 Å². The SMILES string of the molecule is CCCNc1cncc(OC)n1. The maximum atomic E-state index is 4.92. The van der Waals surface area contributed by atoms with E-state index in [1.165, 1.54) is 0 Å². The molecule has 0 spiro atoms. The van der Waals surface area contributed by atoms with Crippen molar-refractivity contribution < 1.29 is 4.74 Å². The minimum absolute atomic E-state index is 0.538. The van der Waals surface area contributed by atoms with E-state index >= 15 is 0 Å². The van der Waals surface area contributed by atoms with Gasteiger partial charge >= 0.3 is 0 Å². The number of nitrogens with one attached hydrogen (secondary N) is 1. The number of anilines is 1. The fourth-order valence-corrected chi connectivity index (χ4v) is 0.785. The van der Waals surface area contributed by atoms with Crippen molar-refractivity contribution in [3.63, 3.8) is 0 Å². The zero-order chi connectivity index (χ0) is 8.81. The Kier molecular flexibility index (Phi) is 3.32. The fraction of sp³-hybridized carbons (Fsp3) is 0.500. The second-order valence-corrected chi connectivity index (χ2v) is 2.37. The molecule has 4 nitrogen and oxygen atoms in total. The van der Waals surface area contributed by atoms with Gasteiger partial charge in [0.2, 0.25) is 5.88 Å². The van der Waals surface area contributed by atoms with Gasteiger partial charge in [0.25, 0.3) is 0 Å². The first-order valence-electron chi connectivity index (χ1n) is 3.96. The van der Waals surface area contributed by atoms with Gasteiger partial charge in [-0.25, -0.2) is 0 Å². The molecule has 0 radical (unpaired) electrons. The van der Waals surface area contributed by atoms with Crippen molar-refractivity contribution in [1.29, 1.82) is 0 Å². The molecule has 0 saturated heterocycles. The molecule has 0 fully saturated rings. The Labute approximate surface area is 72.0 Å². The van der Waals surface area contributed by atoms with Crippen molar-refractivity contribution in [3.8, 4) is 5.88 Å². The summed E-state index contributed by atoms with van der Waals surface area (Å²) in [5.41, 5.74) is 0. The van der Waals surface area contributed by atoms with Gasteiger partial charge in [-0.3, -0.25) is 4.98 Å². The first-order valence-corrected chi connectivity index (χ1v) is 3.96. The minimum atomic E-state index is 0.538. The molecule has 1 aromatic rings. The lowest BCUT2D eigenvalue weighted by Gasteiger charge is -2.03. The average Bonchev–Trinajstić information content (AvgIpc) is 2.15. The third kappa shape index (κ3) is 2.38. The molecule has 66 valence electrons. The van der Waals surface area contributed by atoms with Gasteiger partial charge in [-0.15, -0.1) is 0 Å². The molecule has 0 saturated carbocycles. The number of methoxy groups -OCH3 is 1. The van der Waals surface area contributed by atoms with Gasteiger partial charge < -0.3 is 10.1 Å². The second kappa shape index (κ2) is 4.54. The molecule has 0 aliphatic rings. The standard InChI is InChI=1S/C8H13N3O/c1-3-4-10-7-5-9-6-8(11-7)12-2/h5-6H,3-4H2,1-2H3,(H,10,11). The summed E-state index contributed by atoms with van der Waals surface area (Å²) in [5.74, 6) is 1.30. The van der Waals surface area contributed by atoms with Crippen LogP contribution in [0.4, 0.5) is 5.82 Å². The van der Waals surface area contributed by atoms with Gasteiger partial charge in [0.05, 0.1) is 19.5 Å². The Morgan fingerprint density at radius 3 is 3.00 bits per heavy atom. The molecule has 1 N–H and O–H groups in total. The van der Waals surface area contributed by atoms with E-state index in [1.807, 2.05) is 0 Å². The van der Waals surface area contributed by atoms with Crippen molar-refractivity contribution in [3.05, 3.63) is 12.4 Å². The molecular weight excluding hydrogens is 154 g/mol. The number of ether oxygens (including phenoxy) is 1. The number of hydrogen-bond donors (Lipinski definition) is 1. The third-order valence-electron chi connectivity index (χ3n) is 1.38. The largest absolute Gasteiger partial charge is 0.480 e. The number of rotatable bonds is 4. The maximum Gasteiger partial charge on any atom is 0.233 e. The molecule has 0 aliphatic heterocycles. The summed E-state index contributed by atoms with van der Waals surface area (Å²) in [5, 5.41) is 3.12. The van der Waals surface area contributed by atoms with E-state index in [-0.39, 0.29) is 0 Å². The van der Waals surface area contributed by atoms with Crippen LogP contribution >= 0.6 is 0 Å². The van der Waals surface area contributed by atoms with Gasteiger partial charge in [0.1, 0.15) is 5.82 Å². The topological polar surface area (TPSA) is 47.0 Å². The van der Waals surface area contributed by atoms with Crippen LogP contribution in [-0.4, -0.2) is 23.6 Å². The molecule has 0 bridgehead atoms. The molecule has 0 unspecified atom stereocenters. The molecule has 0 aromatic carbocycles. The molecule has 4 heteroatoms. The van der Waals surface area contributed by atoms with E-state index in [4.69, 9.17) is 4.74 Å². The van der Waals surface area contributed by atoms with Gasteiger partial charge in [-0.1, -0.05) is 6.92 Å². The smallest absolute Gasteiger partial charge is 0.233 e. The molecule has 0 atom stereocenters. The van der Waals surface area contributed by atoms with Crippen molar-refractivity contribution in [1.82, 2.24) is 9.97 Å². The Hall–Kier alpha value is -1.32. The number of nitrogens with zero attached hydrogens (tertiary/aromatic N) is 2. The van der Waals surface area contributed by atoms with E-state index in [0.717, 1.165) is 18.8 Å². The molecular formula is C8H13N3O. The van der Waals surface area contributed by atoms with Crippen LogP contribution in [0.25, 0.3) is 0 Å². The van der Waals surface area contributed by atoms with Crippen LogP contribution < -0.4 is 10.1 Å². The Balaban J connectivity index is 2.60.